The summed E-state index contributed by atoms with van der Waals surface area (Å²) in [6, 6.07) is 11.9. The number of ether oxygens (including phenoxy) is 3. The predicted molar refractivity (Wildman–Crippen MR) is 137 cm³/mol. The zero-order valence-electron chi connectivity index (χ0n) is 20.8. The first-order valence-corrected chi connectivity index (χ1v) is 12.7. The zero-order chi connectivity index (χ0) is 27.2. The minimum atomic E-state index is -1.05. The maximum atomic E-state index is 13.5. The Hall–Kier alpha value is -3.76. The second-order valence-electron chi connectivity index (χ2n) is 9.62. The van der Waals surface area contributed by atoms with Gasteiger partial charge < -0.3 is 24.4 Å². The molecule has 4 aromatic rings. The highest BCUT2D eigenvalue weighted by atomic mass is 32.1. The number of aromatic nitrogens is 1. The standard InChI is InChI=1S/C28H25F2NO6S/c1-28(2)18(9-15-8-14(27(33)34)4-6-22(15)35-3)26(32)17-10-16(5-7-23(17)37-28)36-13-25-31-21-11-19(29)20(30)12-24(21)38-25/h4-8,10-12,18,26,32H,9,13H2,1-3H3,(H,33,34)/t18-,26-/m0/s1. The molecule has 0 fully saturated rings. The van der Waals surface area contributed by atoms with E-state index in [1.807, 2.05) is 13.8 Å². The molecule has 7 nitrogen and oxygen atoms in total. The number of methoxy groups -OCH3 is 1. The molecule has 1 aromatic heterocycles. The van der Waals surface area contributed by atoms with Crippen LogP contribution in [0.2, 0.25) is 0 Å². The first kappa shape index (κ1) is 25.9. The molecule has 1 aliphatic heterocycles. The number of thiazole rings is 1. The lowest BCUT2D eigenvalue weighted by Crippen LogP contribution is -2.45. The fourth-order valence-corrected chi connectivity index (χ4v) is 5.63. The maximum absolute atomic E-state index is 13.5. The number of hydrogen-bond acceptors (Lipinski definition) is 7. The molecule has 38 heavy (non-hydrogen) atoms. The molecular weight excluding hydrogens is 516 g/mol. The van der Waals surface area contributed by atoms with Gasteiger partial charge in [0, 0.05) is 17.5 Å². The highest BCUT2D eigenvalue weighted by Crippen LogP contribution is 2.47. The first-order chi connectivity index (χ1) is 18.1. The molecule has 0 aliphatic carbocycles. The molecule has 0 saturated heterocycles. The molecule has 0 amide bonds. The van der Waals surface area contributed by atoms with Gasteiger partial charge in [0.25, 0.3) is 0 Å². The normalized spacial score (nSPS) is 18.1. The second-order valence-corrected chi connectivity index (χ2v) is 10.7. The molecule has 2 heterocycles. The molecule has 0 radical (unpaired) electrons. The molecule has 2 atom stereocenters. The Morgan fingerprint density at radius 3 is 2.63 bits per heavy atom. The lowest BCUT2D eigenvalue weighted by molar-refractivity contribution is -0.0537. The smallest absolute Gasteiger partial charge is 0.335 e. The van der Waals surface area contributed by atoms with E-state index in [0.29, 0.717) is 50.0 Å². The van der Waals surface area contributed by atoms with Crippen LogP contribution in [0.5, 0.6) is 17.2 Å². The average Bonchev–Trinajstić information content (AvgIpc) is 3.26. The Morgan fingerprint density at radius 2 is 1.89 bits per heavy atom. The van der Waals surface area contributed by atoms with Crippen molar-refractivity contribution in [3.8, 4) is 17.2 Å². The molecule has 2 N–H and O–H groups in total. The number of hydrogen-bond donors (Lipinski definition) is 2. The lowest BCUT2D eigenvalue weighted by Gasteiger charge is -2.43. The van der Waals surface area contributed by atoms with E-state index in [9.17, 15) is 23.8 Å². The van der Waals surface area contributed by atoms with Crippen molar-refractivity contribution in [2.75, 3.05) is 7.11 Å². The lowest BCUT2D eigenvalue weighted by atomic mass is 9.76. The number of nitrogens with zero attached hydrogens (tertiary/aromatic N) is 1. The summed E-state index contributed by atoms with van der Waals surface area (Å²) in [6.07, 6.45) is -0.633. The molecule has 1 aliphatic rings. The summed E-state index contributed by atoms with van der Waals surface area (Å²) in [6.45, 7) is 3.83. The number of aliphatic hydroxyl groups is 1. The van der Waals surface area contributed by atoms with Gasteiger partial charge in [-0.05, 0) is 68.3 Å². The van der Waals surface area contributed by atoms with Gasteiger partial charge in [0.2, 0.25) is 0 Å². The van der Waals surface area contributed by atoms with E-state index < -0.39 is 35.2 Å². The summed E-state index contributed by atoms with van der Waals surface area (Å²) in [5.41, 5.74) is 0.890. The number of carbonyl (C=O) groups is 1. The van der Waals surface area contributed by atoms with Gasteiger partial charge in [0.15, 0.2) is 11.6 Å². The molecule has 0 spiro atoms. The summed E-state index contributed by atoms with van der Waals surface area (Å²) >= 11 is 1.21. The zero-order valence-corrected chi connectivity index (χ0v) is 21.6. The highest BCUT2D eigenvalue weighted by molar-refractivity contribution is 7.18. The first-order valence-electron chi connectivity index (χ1n) is 11.8. The van der Waals surface area contributed by atoms with Crippen LogP contribution in [0.3, 0.4) is 0 Å². The Bertz CT molecular complexity index is 1500. The fourth-order valence-electron chi connectivity index (χ4n) is 4.74. The molecule has 0 unspecified atom stereocenters. The molecular formula is C28H25F2NO6S. The summed E-state index contributed by atoms with van der Waals surface area (Å²) in [5, 5.41) is 21.4. The number of aliphatic hydroxyl groups excluding tert-OH is 1. The van der Waals surface area contributed by atoms with Crippen LogP contribution >= 0.6 is 11.3 Å². The van der Waals surface area contributed by atoms with Crippen LogP contribution in [0, 0.1) is 17.6 Å². The third-order valence-electron chi connectivity index (χ3n) is 6.75. The number of carboxylic acid groups (broad SMARTS) is 1. The van der Waals surface area contributed by atoms with Gasteiger partial charge in [-0.25, -0.2) is 18.6 Å². The van der Waals surface area contributed by atoms with E-state index >= 15 is 0 Å². The van der Waals surface area contributed by atoms with Gasteiger partial charge in [-0.15, -0.1) is 11.3 Å². The van der Waals surface area contributed by atoms with Crippen LogP contribution in [0.4, 0.5) is 8.78 Å². The quantitative estimate of drug-likeness (QED) is 0.300. The van der Waals surface area contributed by atoms with Crippen LogP contribution in [0.1, 0.15) is 46.4 Å². The van der Waals surface area contributed by atoms with Crippen molar-refractivity contribution in [3.63, 3.8) is 0 Å². The number of benzene rings is 3. The van der Waals surface area contributed by atoms with E-state index in [1.54, 1.807) is 30.3 Å². The van der Waals surface area contributed by atoms with Crippen molar-refractivity contribution >= 4 is 27.5 Å². The highest BCUT2D eigenvalue weighted by Gasteiger charge is 2.43. The Balaban J connectivity index is 1.38. The van der Waals surface area contributed by atoms with E-state index in [4.69, 9.17) is 14.2 Å². The van der Waals surface area contributed by atoms with Crippen molar-refractivity contribution in [3.05, 3.63) is 81.9 Å². The number of carboxylic acids is 1. The largest absolute Gasteiger partial charge is 0.496 e. The van der Waals surface area contributed by atoms with Crippen molar-refractivity contribution in [2.45, 2.75) is 38.6 Å². The monoisotopic (exact) mass is 541 g/mol. The maximum Gasteiger partial charge on any atom is 0.335 e. The van der Waals surface area contributed by atoms with Crippen molar-refractivity contribution < 1.29 is 38.0 Å². The van der Waals surface area contributed by atoms with Crippen molar-refractivity contribution in [1.29, 1.82) is 0 Å². The summed E-state index contributed by atoms with van der Waals surface area (Å²) < 4.78 is 45.1. The Kier molecular flexibility index (Phi) is 6.70. The minimum absolute atomic E-state index is 0.0758. The van der Waals surface area contributed by atoms with Gasteiger partial charge in [-0.3, -0.25) is 0 Å². The van der Waals surface area contributed by atoms with E-state index in [-0.39, 0.29) is 12.2 Å². The van der Waals surface area contributed by atoms with Crippen molar-refractivity contribution in [2.24, 2.45) is 5.92 Å². The summed E-state index contributed by atoms with van der Waals surface area (Å²) in [7, 11) is 1.51. The van der Waals surface area contributed by atoms with Gasteiger partial charge >= 0.3 is 5.97 Å². The summed E-state index contributed by atoms with van der Waals surface area (Å²) in [5.74, 6) is -1.86. The number of halogens is 2. The van der Waals surface area contributed by atoms with Crippen LogP contribution in [-0.4, -0.2) is 33.9 Å². The van der Waals surface area contributed by atoms with Gasteiger partial charge in [-0.2, -0.15) is 0 Å². The molecule has 5 rings (SSSR count). The van der Waals surface area contributed by atoms with Crippen LogP contribution < -0.4 is 14.2 Å². The van der Waals surface area contributed by atoms with Gasteiger partial charge in [0.1, 0.15) is 34.5 Å². The second kappa shape index (κ2) is 9.85. The third-order valence-corrected chi connectivity index (χ3v) is 7.74. The molecule has 0 saturated carbocycles. The minimum Gasteiger partial charge on any atom is -0.496 e. The molecule has 3 aromatic carbocycles. The topological polar surface area (TPSA) is 98.1 Å². The number of fused-ring (bicyclic) bond motifs is 2. The fraction of sp³-hybridized carbons (Fsp3) is 0.286. The van der Waals surface area contributed by atoms with E-state index in [0.717, 1.165) is 12.1 Å². The number of rotatable bonds is 7. The predicted octanol–water partition coefficient (Wildman–Crippen LogP) is 5.92. The average molecular weight is 542 g/mol. The van der Waals surface area contributed by atoms with Crippen LogP contribution in [-0.2, 0) is 13.0 Å². The van der Waals surface area contributed by atoms with Crippen LogP contribution in [0.25, 0.3) is 10.2 Å². The van der Waals surface area contributed by atoms with Crippen molar-refractivity contribution in [1.82, 2.24) is 4.98 Å². The molecule has 10 heteroatoms. The molecule has 198 valence electrons. The third kappa shape index (κ3) is 4.89. The van der Waals surface area contributed by atoms with Crippen LogP contribution in [0.15, 0.2) is 48.5 Å². The molecule has 0 bridgehead atoms. The van der Waals surface area contributed by atoms with E-state index in [2.05, 4.69) is 4.98 Å². The van der Waals surface area contributed by atoms with Gasteiger partial charge in [0.05, 0.1) is 29.0 Å². The SMILES string of the molecule is COc1ccc(C(=O)O)cc1C[C@H]1[C@@H](O)c2cc(OCc3nc4cc(F)c(F)cc4s3)ccc2OC1(C)C. The van der Waals surface area contributed by atoms with Gasteiger partial charge in [-0.1, -0.05) is 0 Å². The Labute approximate surface area is 221 Å². The van der Waals surface area contributed by atoms with E-state index in [1.165, 1.54) is 24.5 Å². The Morgan fingerprint density at radius 1 is 1.13 bits per heavy atom. The summed E-state index contributed by atoms with van der Waals surface area (Å²) in [4.78, 5) is 15.8. The number of aromatic carboxylic acids is 1.